The molecule has 4 rings (SSSR count). The van der Waals surface area contributed by atoms with Gasteiger partial charge in [0.1, 0.15) is 5.82 Å². The summed E-state index contributed by atoms with van der Waals surface area (Å²) in [6.45, 7) is 0.589. The number of carbonyl (C=O) groups excluding carboxylic acids is 2. The van der Waals surface area contributed by atoms with Crippen molar-refractivity contribution in [2.45, 2.75) is 5.79 Å². The molecule has 122 valence electrons. The molecule has 1 saturated heterocycles. The van der Waals surface area contributed by atoms with Gasteiger partial charge in [0.05, 0.1) is 30.9 Å². The molecule has 2 aromatic rings. The van der Waals surface area contributed by atoms with Gasteiger partial charge in [-0.25, -0.2) is 4.39 Å². The summed E-state index contributed by atoms with van der Waals surface area (Å²) in [5.41, 5.74) is 1.31. The molecular formula is C18H14FNO4. The standard InChI is InChI=1S/C18H14FNO4/c19-13-7-5-12(6-8-13)18(23-9-10-24-18)11-20-16(21)14-3-1-2-4-15(14)17(20)22/h1-8H,9-11H2. The second kappa shape index (κ2) is 5.51. The van der Waals surface area contributed by atoms with Crippen LogP contribution in [0.2, 0.25) is 0 Å². The van der Waals surface area contributed by atoms with E-state index in [4.69, 9.17) is 9.47 Å². The lowest BCUT2D eigenvalue weighted by Gasteiger charge is -2.31. The number of imide groups is 1. The van der Waals surface area contributed by atoms with Crippen LogP contribution in [0.1, 0.15) is 26.3 Å². The second-order valence-corrected chi connectivity index (χ2v) is 5.70. The smallest absolute Gasteiger partial charge is 0.261 e. The lowest BCUT2D eigenvalue weighted by molar-refractivity contribution is -0.171. The lowest BCUT2D eigenvalue weighted by atomic mass is 10.0. The average molecular weight is 327 g/mol. The van der Waals surface area contributed by atoms with Crippen molar-refractivity contribution < 1.29 is 23.5 Å². The predicted octanol–water partition coefficient (Wildman–Crippen LogP) is 2.32. The first kappa shape index (κ1) is 15.0. The molecule has 0 saturated carbocycles. The molecule has 0 radical (unpaired) electrons. The normalized spacial score (nSPS) is 19.0. The molecule has 0 unspecified atom stereocenters. The highest BCUT2D eigenvalue weighted by Crippen LogP contribution is 2.35. The summed E-state index contributed by atoms with van der Waals surface area (Å²) >= 11 is 0. The van der Waals surface area contributed by atoms with Gasteiger partial charge in [-0.3, -0.25) is 14.5 Å². The molecule has 2 aromatic carbocycles. The molecule has 24 heavy (non-hydrogen) atoms. The molecule has 2 aliphatic rings. The largest absolute Gasteiger partial charge is 0.342 e. The molecule has 5 nitrogen and oxygen atoms in total. The molecule has 2 amide bonds. The van der Waals surface area contributed by atoms with E-state index in [1.807, 2.05) is 0 Å². The van der Waals surface area contributed by atoms with Crippen molar-refractivity contribution in [3.05, 3.63) is 71.0 Å². The van der Waals surface area contributed by atoms with Crippen molar-refractivity contribution in [1.29, 1.82) is 0 Å². The van der Waals surface area contributed by atoms with Crippen molar-refractivity contribution in [1.82, 2.24) is 4.90 Å². The van der Waals surface area contributed by atoms with Crippen molar-refractivity contribution in [2.75, 3.05) is 19.8 Å². The molecule has 0 N–H and O–H groups in total. The number of halogens is 1. The minimum absolute atomic E-state index is 0.0784. The maximum atomic E-state index is 13.2. The van der Waals surface area contributed by atoms with Gasteiger partial charge in [0.2, 0.25) is 5.79 Å². The topological polar surface area (TPSA) is 55.8 Å². The molecule has 1 fully saturated rings. The predicted molar refractivity (Wildman–Crippen MR) is 81.8 cm³/mol. The van der Waals surface area contributed by atoms with Gasteiger partial charge in [-0.2, -0.15) is 0 Å². The Morgan fingerprint density at radius 3 is 2.00 bits per heavy atom. The van der Waals surface area contributed by atoms with Crippen LogP contribution in [-0.4, -0.2) is 36.5 Å². The van der Waals surface area contributed by atoms with Gasteiger partial charge < -0.3 is 9.47 Å². The molecular weight excluding hydrogens is 313 g/mol. The zero-order chi connectivity index (χ0) is 16.7. The van der Waals surface area contributed by atoms with Crippen LogP contribution >= 0.6 is 0 Å². The Morgan fingerprint density at radius 2 is 1.46 bits per heavy atom. The highest BCUT2D eigenvalue weighted by molar-refractivity contribution is 6.21. The van der Waals surface area contributed by atoms with Gasteiger partial charge in [-0.15, -0.1) is 0 Å². The number of rotatable bonds is 3. The first-order valence-electron chi connectivity index (χ1n) is 7.60. The SMILES string of the molecule is O=C1c2ccccc2C(=O)N1CC1(c2ccc(F)cc2)OCCO1. The summed E-state index contributed by atoms with van der Waals surface area (Å²) in [5.74, 6) is -2.40. The molecule has 0 atom stereocenters. The van der Waals surface area contributed by atoms with E-state index < -0.39 is 5.79 Å². The van der Waals surface area contributed by atoms with Gasteiger partial charge in [0.25, 0.3) is 11.8 Å². The third-order valence-electron chi connectivity index (χ3n) is 4.28. The zero-order valence-electron chi connectivity index (χ0n) is 12.7. The zero-order valence-corrected chi connectivity index (χ0v) is 12.7. The van der Waals surface area contributed by atoms with E-state index in [9.17, 15) is 14.0 Å². The lowest BCUT2D eigenvalue weighted by Crippen LogP contribution is -2.44. The van der Waals surface area contributed by atoms with E-state index in [1.165, 1.54) is 12.1 Å². The Hall–Kier alpha value is -2.57. The van der Waals surface area contributed by atoms with Crippen LogP contribution in [0.15, 0.2) is 48.5 Å². The summed E-state index contributed by atoms with van der Waals surface area (Å²) in [5, 5.41) is 0. The third kappa shape index (κ3) is 2.23. The highest BCUT2D eigenvalue weighted by atomic mass is 19.1. The van der Waals surface area contributed by atoms with Crippen molar-refractivity contribution in [3.8, 4) is 0 Å². The van der Waals surface area contributed by atoms with E-state index >= 15 is 0 Å². The number of carbonyl (C=O) groups is 2. The highest BCUT2D eigenvalue weighted by Gasteiger charge is 2.46. The summed E-state index contributed by atoms with van der Waals surface area (Å²) in [7, 11) is 0. The molecule has 0 aliphatic carbocycles. The van der Waals surface area contributed by atoms with Gasteiger partial charge in [0, 0.05) is 5.56 Å². The van der Waals surface area contributed by atoms with E-state index in [1.54, 1.807) is 36.4 Å². The number of hydrogen-bond acceptors (Lipinski definition) is 4. The summed E-state index contributed by atoms with van der Waals surface area (Å²) in [6.07, 6.45) is 0. The van der Waals surface area contributed by atoms with Gasteiger partial charge in [-0.05, 0) is 24.3 Å². The Bertz CT molecular complexity index is 777. The molecule has 2 heterocycles. The maximum absolute atomic E-state index is 13.2. The maximum Gasteiger partial charge on any atom is 0.261 e. The van der Waals surface area contributed by atoms with Crippen molar-refractivity contribution >= 4 is 11.8 Å². The first-order chi connectivity index (χ1) is 11.6. The average Bonchev–Trinajstić information content (AvgIpc) is 3.17. The van der Waals surface area contributed by atoms with Crippen LogP contribution in [0.5, 0.6) is 0 Å². The van der Waals surface area contributed by atoms with Gasteiger partial charge in [0.15, 0.2) is 0 Å². The minimum atomic E-state index is -1.26. The molecule has 0 aromatic heterocycles. The van der Waals surface area contributed by atoms with E-state index in [2.05, 4.69) is 0 Å². The van der Waals surface area contributed by atoms with Crippen molar-refractivity contribution in [3.63, 3.8) is 0 Å². The van der Waals surface area contributed by atoms with Crippen LogP contribution in [0.25, 0.3) is 0 Å². The number of benzene rings is 2. The van der Waals surface area contributed by atoms with Gasteiger partial charge in [-0.1, -0.05) is 24.3 Å². The summed E-state index contributed by atoms with van der Waals surface area (Å²) < 4.78 is 24.7. The fraction of sp³-hybridized carbons (Fsp3) is 0.222. The fourth-order valence-electron chi connectivity index (χ4n) is 3.10. The molecule has 0 spiro atoms. The first-order valence-corrected chi connectivity index (χ1v) is 7.60. The molecule has 6 heteroatoms. The monoisotopic (exact) mass is 327 g/mol. The van der Waals surface area contributed by atoms with Crippen molar-refractivity contribution in [2.24, 2.45) is 0 Å². The number of ether oxygens (including phenoxy) is 2. The fourth-order valence-corrected chi connectivity index (χ4v) is 3.10. The number of nitrogens with zero attached hydrogens (tertiary/aromatic N) is 1. The minimum Gasteiger partial charge on any atom is -0.342 e. The van der Waals surface area contributed by atoms with E-state index in [-0.39, 0.29) is 24.2 Å². The summed E-state index contributed by atoms with van der Waals surface area (Å²) in [4.78, 5) is 26.2. The quantitative estimate of drug-likeness (QED) is 0.812. The Labute approximate surface area is 137 Å². The second-order valence-electron chi connectivity index (χ2n) is 5.70. The number of fused-ring (bicyclic) bond motifs is 1. The van der Waals surface area contributed by atoms with Crippen LogP contribution in [0.3, 0.4) is 0 Å². The van der Waals surface area contributed by atoms with E-state index in [0.29, 0.717) is 29.9 Å². The number of hydrogen-bond donors (Lipinski definition) is 0. The van der Waals surface area contributed by atoms with Crippen LogP contribution in [0.4, 0.5) is 4.39 Å². The Kier molecular flexibility index (Phi) is 3.44. The summed E-state index contributed by atoms with van der Waals surface area (Å²) in [6, 6.07) is 12.3. The van der Waals surface area contributed by atoms with Crippen LogP contribution in [-0.2, 0) is 15.3 Å². The third-order valence-corrected chi connectivity index (χ3v) is 4.28. The molecule has 0 bridgehead atoms. The Morgan fingerprint density at radius 1 is 0.917 bits per heavy atom. The van der Waals surface area contributed by atoms with Gasteiger partial charge >= 0.3 is 0 Å². The van der Waals surface area contributed by atoms with Crippen LogP contribution in [0, 0.1) is 5.82 Å². The van der Waals surface area contributed by atoms with Crippen LogP contribution < -0.4 is 0 Å². The Balaban J connectivity index is 1.69. The van der Waals surface area contributed by atoms with E-state index in [0.717, 1.165) is 4.90 Å². The number of amides is 2. The molecule has 2 aliphatic heterocycles.